The number of ether oxygens (including phenoxy) is 2. The van der Waals surface area contributed by atoms with Crippen LogP contribution >= 0.6 is 0 Å². The number of hydrogen-bond donors (Lipinski definition) is 7. The van der Waals surface area contributed by atoms with Crippen molar-refractivity contribution in [3.05, 3.63) is 11.6 Å². The van der Waals surface area contributed by atoms with E-state index in [1.54, 1.807) is 0 Å². The van der Waals surface area contributed by atoms with Crippen molar-refractivity contribution in [2.45, 2.75) is 128 Å². The van der Waals surface area contributed by atoms with E-state index in [0.717, 1.165) is 18.4 Å². The van der Waals surface area contributed by atoms with Crippen molar-refractivity contribution >= 4 is 5.97 Å². The van der Waals surface area contributed by atoms with E-state index in [2.05, 4.69) is 19.9 Å². The monoisotopic (exact) mass is 622 g/mol. The largest absolute Gasteiger partial charge is 0.432 e. The standard InChI is InChI=1S/C34H54O10/c1-17-10-11-34(29(41)44-28-25(39)24(38)22(37)15-43-28)13-12-30(2)18-8-9-23-31(3,14-21(36)27(40)32(23,4)16-35)19(18)6-7-20(30)26(34)33(17,5)42/h7,17-19,21-28,35-40,42H,6,8-16H2,1-5H3/t17-,18-,19+,21-,22-,23+,24+,25-,26-,27+,28+,30+,31-,32-,33-,34+/m1/s1. The molecular weight excluding hydrogens is 568 g/mol. The molecule has 44 heavy (non-hydrogen) atoms. The van der Waals surface area contributed by atoms with Crippen LogP contribution in [0.3, 0.4) is 0 Å². The van der Waals surface area contributed by atoms with E-state index < -0.39 is 65.1 Å². The maximum absolute atomic E-state index is 14.3. The maximum atomic E-state index is 14.3. The summed E-state index contributed by atoms with van der Waals surface area (Å²) in [6.45, 7) is 9.80. The molecule has 0 aromatic rings. The van der Waals surface area contributed by atoms with Crippen LogP contribution < -0.4 is 0 Å². The molecule has 10 nitrogen and oxygen atoms in total. The van der Waals surface area contributed by atoms with Crippen molar-refractivity contribution < 1.29 is 50.0 Å². The lowest BCUT2D eigenvalue weighted by Gasteiger charge is -2.68. The molecule has 0 amide bonds. The zero-order valence-electron chi connectivity index (χ0n) is 26.9. The molecule has 10 heteroatoms. The number of aliphatic hydroxyl groups is 7. The minimum Gasteiger partial charge on any atom is -0.432 e. The first-order chi connectivity index (χ1) is 20.5. The van der Waals surface area contributed by atoms with Gasteiger partial charge in [0, 0.05) is 11.3 Å². The van der Waals surface area contributed by atoms with Gasteiger partial charge in [-0.05, 0) is 92.8 Å². The number of hydrogen-bond acceptors (Lipinski definition) is 10. The molecule has 0 radical (unpaired) electrons. The first-order valence-electron chi connectivity index (χ1n) is 16.8. The predicted octanol–water partition coefficient (Wildman–Crippen LogP) is 1.66. The summed E-state index contributed by atoms with van der Waals surface area (Å²) in [5, 5.41) is 75.4. The third kappa shape index (κ3) is 4.31. The molecule has 1 saturated heterocycles. The third-order valence-corrected chi connectivity index (χ3v) is 14.4. The number of carbonyl (C=O) groups excluding carboxylic acids is 1. The van der Waals surface area contributed by atoms with E-state index in [-0.39, 0.29) is 47.7 Å². The molecule has 1 heterocycles. The molecule has 250 valence electrons. The number of fused-ring (bicyclic) bond motifs is 7. The Kier molecular flexibility index (Phi) is 7.98. The molecule has 6 rings (SSSR count). The average Bonchev–Trinajstić information content (AvgIpc) is 2.97. The van der Waals surface area contributed by atoms with Gasteiger partial charge >= 0.3 is 5.97 Å². The first-order valence-corrected chi connectivity index (χ1v) is 16.8. The van der Waals surface area contributed by atoms with Crippen LogP contribution in [0.5, 0.6) is 0 Å². The SMILES string of the molecule is C[C@@H]1CC[C@]2(C(=O)O[C@@H]3OC[C@@H](O)[C@H](O)[C@H]3O)CC[C@]3(C)C(=CC[C@H]4[C@H]3CC[C@H]3[C@]4(C)C[C@@H](O)[C@H](O)[C@]3(C)CO)[C@@H]2[C@]1(C)O. The Morgan fingerprint density at radius 3 is 2.34 bits per heavy atom. The van der Waals surface area contributed by atoms with Crippen LogP contribution in [0, 0.1) is 51.2 Å². The maximum Gasteiger partial charge on any atom is 0.315 e. The van der Waals surface area contributed by atoms with Gasteiger partial charge in [-0.2, -0.15) is 0 Å². The van der Waals surface area contributed by atoms with Crippen LogP contribution in [0.15, 0.2) is 11.6 Å². The molecule has 0 spiro atoms. The lowest BCUT2D eigenvalue weighted by atomic mass is 9.37. The van der Waals surface area contributed by atoms with Gasteiger partial charge in [0.05, 0.1) is 36.4 Å². The molecular formula is C34H54O10. The Labute approximate surface area is 260 Å². The highest BCUT2D eigenvalue weighted by molar-refractivity contribution is 5.79. The quantitative estimate of drug-likeness (QED) is 0.181. The van der Waals surface area contributed by atoms with Crippen LogP contribution in [0.4, 0.5) is 0 Å². The topological polar surface area (TPSA) is 177 Å². The van der Waals surface area contributed by atoms with Gasteiger partial charge in [0.1, 0.15) is 18.3 Å². The smallest absolute Gasteiger partial charge is 0.315 e. The molecule has 0 aromatic heterocycles. The summed E-state index contributed by atoms with van der Waals surface area (Å²) in [5.74, 6) is -0.662. The van der Waals surface area contributed by atoms with Crippen molar-refractivity contribution in [2.75, 3.05) is 13.2 Å². The summed E-state index contributed by atoms with van der Waals surface area (Å²) in [6, 6.07) is 0. The van der Waals surface area contributed by atoms with Crippen molar-refractivity contribution in [3.8, 4) is 0 Å². The van der Waals surface area contributed by atoms with Crippen LogP contribution in [-0.4, -0.2) is 97.3 Å². The van der Waals surface area contributed by atoms with Gasteiger partial charge < -0.3 is 45.2 Å². The fourth-order valence-corrected chi connectivity index (χ4v) is 11.6. The molecule has 0 unspecified atom stereocenters. The van der Waals surface area contributed by atoms with E-state index in [1.807, 2.05) is 20.8 Å². The second kappa shape index (κ2) is 10.7. The average molecular weight is 623 g/mol. The van der Waals surface area contributed by atoms with Gasteiger partial charge in [-0.15, -0.1) is 0 Å². The Balaban J connectivity index is 1.37. The summed E-state index contributed by atoms with van der Waals surface area (Å²) in [6.07, 6.45) is -0.220. The second-order valence-corrected chi connectivity index (χ2v) is 16.5. The van der Waals surface area contributed by atoms with E-state index in [0.29, 0.717) is 38.5 Å². The molecule has 7 N–H and O–H groups in total. The van der Waals surface area contributed by atoms with Crippen molar-refractivity contribution in [3.63, 3.8) is 0 Å². The molecule has 0 aromatic carbocycles. The van der Waals surface area contributed by atoms with Gasteiger partial charge in [-0.3, -0.25) is 4.79 Å². The molecule has 5 aliphatic carbocycles. The number of rotatable bonds is 3. The number of allylic oxidation sites excluding steroid dienone is 1. The summed E-state index contributed by atoms with van der Waals surface area (Å²) < 4.78 is 11.3. The number of esters is 1. The van der Waals surface area contributed by atoms with Gasteiger partial charge in [0.2, 0.25) is 6.29 Å². The fourth-order valence-electron chi connectivity index (χ4n) is 11.6. The molecule has 1 aliphatic heterocycles. The highest BCUT2D eigenvalue weighted by Gasteiger charge is 2.69. The Morgan fingerprint density at radius 2 is 1.66 bits per heavy atom. The first kappa shape index (κ1) is 32.8. The van der Waals surface area contributed by atoms with Crippen LogP contribution in [0.25, 0.3) is 0 Å². The predicted molar refractivity (Wildman–Crippen MR) is 158 cm³/mol. The molecule has 4 saturated carbocycles. The molecule has 0 bridgehead atoms. The fraction of sp³-hybridized carbons (Fsp3) is 0.912. The summed E-state index contributed by atoms with van der Waals surface area (Å²) in [7, 11) is 0. The molecule has 5 fully saturated rings. The van der Waals surface area contributed by atoms with Gasteiger partial charge in [0.25, 0.3) is 0 Å². The van der Waals surface area contributed by atoms with Crippen molar-refractivity contribution in [1.29, 1.82) is 0 Å². The van der Waals surface area contributed by atoms with Crippen molar-refractivity contribution in [1.82, 2.24) is 0 Å². The van der Waals surface area contributed by atoms with Crippen LogP contribution in [0.2, 0.25) is 0 Å². The van der Waals surface area contributed by atoms with Crippen LogP contribution in [0.1, 0.15) is 86.0 Å². The van der Waals surface area contributed by atoms with Crippen molar-refractivity contribution in [2.24, 2.45) is 51.2 Å². The third-order valence-electron chi connectivity index (χ3n) is 14.4. The van der Waals surface area contributed by atoms with Crippen LogP contribution in [-0.2, 0) is 14.3 Å². The van der Waals surface area contributed by atoms with E-state index in [9.17, 15) is 40.5 Å². The van der Waals surface area contributed by atoms with E-state index in [4.69, 9.17) is 9.47 Å². The lowest BCUT2D eigenvalue weighted by Crippen LogP contribution is -2.67. The Morgan fingerprint density at radius 1 is 0.955 bits per heavy atom. The number of carbonyl (C=O) groups is 1. The second-order valence-electron chi connectivity index (χ2n) is 16.5. The highest BCUT2D eigenvalue weighted by Crippen LogP contribution is 2.72. The number of aliphatic hydroxyl groups excluding tert-OH is 6. The Bertz CT molecular complexity index is 1170. The molecule has 16 atom stereocenters. The van der Waals surface area contributed by atoms with Gasteiger partial charge in [0.15, 0.2) is 0 Å². The lowest BCUT2D eigenvalue weighted by molar-refractivity contribution is -0.273. The van der Waals surface area contributed by atoms with E-state index in [1.165, 1.54) is 0 Å². The van der Waals surface area contributed by atoms with E-state index >= 15 is 0 Å². The molecule has 6 aliphatic rings. The normalized spacial score (nSPS) is 57.2. The summed E-state index contributed by atoms with van der Waals surface area (Å²) in [4.78, 5) is 14.3. The minimum absolute atomic E-state index is 0.0458. The summed E-state index contributed by atoms with van der Waals surface area (Å²) in [5.41, 5.74) is -2.58. The Hall–Kier alpha value is -1.11. The van der Waals surface area contributed by atoms with Gasteiger partial charge in [-0.1, -0.05) is 39.3 Å². The zero-order valence-corrected chi connectivity index (χ0v) is 26.9. The zero-order chi connectivity index (χ0) is 32.2. The summed E-state index contributed by atoms with van der Waals surface area (Å²) >= 11 is 0. The highest BCUT2D eigenvalue weighted by atomic mass is 16.7. The minimum atomic E-state index is -1.59. The van der Waals surface area contributed by atoms with Gasteiger partial charge in [-0.25, -0.2) is 0 Å².